The molecule has 0 saturated carbocycles. The Morgan fingerprint density at radius 2 is 1.65 bits per heavy atom. The highest BCUT2D eigenvalue weighted by atomic mass is 35.5. The molecule has 0 aliphatic rings. The van der Waals surface area contributed by atoms with Gasteiger partial charge in [-0.2, -0.15) is 0 Å². The van der Waals surface area contributed by atoms with Crippen molar-refractivity contribution in [3.05, 3.63) is 52.8 Å². The van der Waals surface area contributed by atoms with Gasteiger partial charge in [0.25, 0.3) is 0 Å². The van der Waals surface area contributed by atoms with Crippen LogP contribution in [0.15, 0.2) is 30.3 Å². The van der Waals surface area contributed by atoms with Crippen LogP contribution in [-0.2, 0) is 0 Å². The SMILES string of the molecule is Oc1cc(-c2ccc(F)c(F)c2F)ccc1Cl. The number of halogens is 4. The normalized spacial score (nSPS) is 10.6. The van der Waals surface area contributed by atoms with Crippen molar-refractivity contribution in [2.75, 3.05) is 0 Å². The fraction of sp³-hybridized carbons (Fsp3) is 0. The van der Waals surface area contributed by atoms with Crippen LogP contribution in [0.1, 0.15) is 0 Å². The van der Waals surface area contributed by atoms with E-state index in [2.05, 4.69) is 0 Å². The van der Waals surface area contributed by atoms with Crippen molar-refractivity contribution in [1.82, 2.24) is 0 Å². The van der Waals surface area contributed by atoms with Crippen LogP contribution in [0.4, 0.5) is 13.2 Å². The van der Waals surface area contributed by atoms with Crippen LogP contribution >= 0.6 is 11.6 Å². The number of phenolic OH excluding ortho intramolecular Hbond substituents is 1. The molecule has 1 nitrogen and oxygen atoms in total. The van der Waals surface area contributed by atoms with Gasteiger partial charge in [0.2, 0.25) is 0 Å². The minimum atomic E-state index is -1.54. The van der Waals surface area contributed by atoms with E-state index >= 15 is 0 Å². The molecule has 0 radical (unpaired) electrons. The first-order valence-electron chi connectivity index (χ1n) is 4.63. The third-order valence-corrected chi connectivity index (χ3v) is 2.61. The summed E-state index contributed by atoms with van der Waals surface area (Å²) in [6.45, 7) is 0. The Balaban J connectivity index is 2.61. The molecular weight excluding hydrogens is 253 g/mol. The average Bonchev–Trinajstić information content (AvgIpc) is 2.30. The third-order valence-electron chi connectivity index (χ3n) is 2.29. The first kappa shape index (κ1) is 11.8. The molecule has 0 heterocycles. The van der Waals surface area contributed by atoms with Crippen molar-refractivity contribution < 1.29 is 18.3 Å². The van der Waals surface area contributed by atoms with Gasteiger partial charge in [0, 0.05) is 5.56 Å². The Hall–Kier alpha value is -1.68. The van der Waals surface area contributed by atoms with Gasteiger partial charge < -0.3 is 5.11 Å². The van der Waals surface area contributed by atoms with Crippen molar-refractivity contribution >= 4 is 11.6 Å². The minimum absolute atomic E-state index is 0.0942. The summed E-state index contributed by atoms with van der Waals surface area (Å²) in [7, 11) is 0. The van der Waals surface area contributed by atoms with Gasteiger partial charge >= 0.3 is 0 Å². The number of aromatic hydroxyl groups is 1. The average molecular weight is 259 g/mol. The predicted molar refractivity (Wildman–Crippen MR) is 58.4 cm³/mol. The lowest BCUT2D eigenvalue weighted by molar-refractivity contribution is 0.449. The number of rotatable bonds is 1. The Morgan fingerprint density at radius 3 is 2.29 bits per heavy atom. The van der Waals surface area contributed by atoms with Gasteiger partial charge in [0.05, 0.1) is 5.02 Å². The lowest BCUT2D eigenvalue weighted by Gasteiger charge is -2.06. The molecule has 0 aromatic heterocycles. The van der Waals surface area contributed by atoms with E-state index < -0.39 is 17.5 Å². The molecule has 0 amide bonds. The molecule has 5 heteroatoms. The number of benzene rings is 2. The first-order chi connectivity index (χ1) is 8.00. The van der Waals surface area contributed by atoms with Gasteiger partial charge in [-0.25, -0.2) is 13.2 Å². The van der Waals surface area contributed by atoms with E-state index in [-0.39, 0.29) is 21.9 Å². The standard InChI is InChI=1S/C12H6ClF3O/c13-8-3-1-6(5-10(8)17)7-2-4-9(14)12(16)11(7)15/h1-5,17H. The molecule has 2 aromatic rings. The zero-order valence-corrected chi connectivity index (χ0v) is 9.10. The molecule has 0 atom stereocenters. The summed E-state index contributed by atoms with van der Waals surface area (Å²) < 4.78 is 39.2. The van der Waals surface area contributed by atoms with Crippen LogP contribution in [0.2, 0.25) is 5.02 Å². The summed E-state index contributed by atoms with van der Waals surface area (Å²) in [5.74, 6) is -4.36. The molecule has 0 bridgehead atoms. The van der Waals surface area contributed by atoms with Crippen molar-refractivity contribution in [2.24, 2.45) is 0 Å². The molecule has 17 heavy (non-hydrogen) atoms. The molecule has 0 saturated heterocycles. The van der Waals surface area contributed by atoms with Gasteiger partial charge in [0.15, 0.2) is 17.5 Å². The number of phenols is 1. The van der Waals surface area contributed by atoms with Crippen molar-refractivity contribution in [3.8, 4) is 16.9 Å². The van der Waals surface area contributed by atoms with E-state index in [9.17, 15) is 18.3 Å². The van der Waals surface area contributed by atoms with E-state index in [0.29, 0.717) is 0 Å². The summed E-state index contributed by atoms with van der Waals surface area (Å²) in [4.78, 5) is 0. The van der Waals surface area contributed by atoms with Crippen LogP contribution in [0, 0.1) is 17.5 Å². The molecule has 0 aliphatic carbocycles. The number of hydrogen-bond donors (Lipinski definition) is 1. The number of hydrogen-bond acceptors (Lipinski definition) is 1. The third kappa shape index (κ3) is 2.08. The maximum Gasteiger partial charge on any atom is 0.195 e. The Bertz CT molecular complexity index is 584. The molecule has 88 valence electrons. The highest BCUT2D eigenvalue weighted by Crippen LogP contribution is 2.31. The van der Waals surface area contributed by atoms with Crippen molar-refractivity contribution in [2.45, 2.75) is 0 Å². The molecule has 2 aromatic carbocycles. The zero-order valence-electron chi connectivity index (χ0n) is 8.35. The summed E-state index contributed by atoms with van der Waals surface area (Å²) in [6, 6.07) is 5.83. The second-order valence-electron chi connectivity index (χ2n) is 3.39. The monoisotopic (exact) mass is 258 g/mol. The van der Waals surface area contributed by atoms with Gasteiger partial charge in [-0.3, -0.25) is 0 Å². The molecule has 1 N–H and O–H groups in total. The summed E-state index contributed by atoms with van der Waals surface area (Å²) in [5.41, 5.74) is 0.0687. The second-order valence-corrected chi connectivity index (χ2v) is 3.80. The fourth-order valence-electron chi connectivity index (χ4n) is 1.43. The zero-order chi connectivity index (χ0) is 12.6. The van der Waals surface area contributed by atoms with E-state index in [1.54, 1.807) is 0 Å². The van der Waals surface area contributed by atoms with Gasteiger partial charge in [-0.05, 0) is 29.8 Å². The second kappa shape index (κ2) is 4.30. The first-order valence-corrected chi connectivity index (χ1v) is 5.01. The lowest BCUT2D eigenvalue weighted by Crippen LogP contribution is -1.93. The van der Waals surface area contributed by atoms with E-state index in [1.165, 1.54) is 18.2 Å². The molecule has 0 spiro atoms. The highest BCUT2D eigenvalue weighted by Gasteiger charge is 2.15. The fourth-order valence-corrected chi connectivity index (χ4v) is 1.55. The summed E-state index contributed by atoms with van der Waals surface area (Å²) in [5, 5.41) is 9.45. The summed E-state index contributed by atoms with van der Waals surface area (Å²) in [6.07, 6.45) is 0. The molecule has 0 unspecified atom stereocenters. The van der Waals surface area contributed by atoms with E-state index in [0.717, 1.165) is 12.1 Å². The minimum Gasteiger partial charge on any atom is -0.506 e. The topological polar surface area (TPSA) is 20.2 Å². The quantitative estimate of drug-likeness (QED) is 0.763. The maximum absolute atomic E-state index is 13.5. The Morgan fingerprint density at radius 1 is 0.941 bits per heavy atom. The van der Waals surface area contributed by atoms with Crippen LogP contribution in [0.5, 0.6) is 5.75 Å². The predicted octanol–water partition coefficient (Wildman–Crippen LogP) is 4.13. The Labute approximate surface area is 100 Å². The lowest BCUT2D eigenvalue weighted by atomic mass is 10.0. The highest BCUT2D eigenvalue weighted by molar-refractivity contribution is 6.32. The van der Waals surface area contributed by atoms with E-state index in [4.69, 9.17) is 11.6 Å². The van der Waals surface area contributed by atoms with Crippen LogP contribution in [0.3, 0.4) is 0 Å². The summed E-state index contributed by atoms with van der Waals surface area (Å²) >= 11 is 5.59. The van der Waals surface area contributed by atoms with Gasteiger partial charge in [-0.15, -0.1) is 0 Å². The van der Waals surface area contributed by atoms with Crippen LogP contribution in [0.25, 0.3) is 11.1 Å². The van der Waals surface area contributed by atoms with Crippen LogP contribution in [-0.4, -0.2) is 5.11 Å². The van der Waals surface area contributed by atoms with Gasteiger partial charge in [-0.1, -0.05) is 17.7 Å². The maximum atomic E-state index is 13.5. The molecular formula is C12H6ClF3O. The largest absolute Gasteiger partial charge is 0.506 e. The van der Waals surface area contributed by atoms with Crippen molar-refractivity contribution in [3.63, 3.8) is 0 Å². The Kier molecular flexibility index (Phi) is 2.98. The van der Waals surface area contributed by atoms with Gasteiger partial charge in [0.1, 0.15) is 5.75 Å². The molecule has 0 aliphatic heterocycles. The molecule has 0 fully saturated rings. The smallest absolute Gasteiger partial charge is 0.195 e. The van der Waals surface area contributed by atoms with E-state index in [1.807, 2.05) is 0 Å². The van der Waals surface area contributed by atoms with Crippen molar-refractivity contribution in [1.29, 1.82) is 0 Å². The molecule has 2 rings (SSSR count). The van der Waals surface area contributed by atoms with Crippen LogP contribution < -0.4 is 0 Å².